The summed E-state index contributed by atoms with van der Waals surface area (Å²) in [6, 6.07) is 6.86. The monoisotopic (exact) mass is 626 g/mol. The van der Waals surface area contributed by atoms with Gasteiger partial charge in [0.1, 0.15) is 18.1 Å². The van der Waals surface area contributed by atoms with Gasteiger partial charge in [0.2, 0.25) is 0 Å². The Bertz CT molecular complexity index is 1140. The van der Waals surface area contributed by atoms with Crippen molar-refractivity contribution >= 4 is 46.3 Å². The number of fused-ring (bicyclic) bond motifs is 1. The first kappa shape index (κ1) is 27.5. The van der Waals surface area contributed by atoms with Crippen LogP contribution >= 0.6 is 22.9 Å². The Labute approximate surface area is 229 Å². The van der Waals surface area contributed by atoms with Crippen molar-refractivity contribution in [2.24, 2.45) is 0 Å². The van der Waals surface area contributed by atoms with Gasteiger partial charge in [0.15, 0.2) is 5.82 Å². The maximum atomic E-state index is 12.8. The normalized spacial score (nSPS) is 17.8. The van der Waals surface area contributed by atoms with Crippen molar-refractivity contribution in [1.29, 1.82) is 0 Å². The number of amides is 3. The number of aliphatic hydroxyl groups is 1. The number of hydrogen-bond acceptors (Lipinski definition) is 7. The largest absolute Gasteiger partial charge is 0.381 e. The van der Waals surface area contributed by atoms with E-state index in [1.54, 1.807) is 39.9 Å². The maximum Gasteiger partial charge on any atom is 0.330 e. The number of urea groups is 1. The molecule has 200 valence electrons. The summed E-state index contributed by atoms with van der Waals surface area (Å²) in [6.45, 7) is 7.14. The van der Waals surface area contributed by atoms with Crippen molar-refractivity contribution in [3.8, 4) is 11.4 Å². The predicted octanol–water partition coefficient (Wildman–Crippen LogP) is 3.18. The predicted molar refractivity (Wildman–Crippen MR) is 146 cm³/mol. The van der Waals surface area contributed by atoms with E-state index in [-0.39, 0.29) is 25.0 Å². The molecule has 0 spiro atoms. The number of rotatable bonds is 6. The highest BCUT2D eigenvalue weighted by atomic mass is 127. The first-order chi connectivity index (χ1) is 17.6. The van der Waals surface area contributed by atoms with Crippen LogP contribution in [0.1, 0.15) is 32.0 Å². The highest BCUT2D eigenvalue weighted by Crippen LogP contribution is 2.32. The van der Waals surface area contributed by atoms with E-state index in [1.807, 2.05) is 12.1 Å². The van der Waals surface area contributed by atoms with Crippen LogP contribution in [0.3, 0.4) is 0 Å². The van der Waals surface area contributed by atoms with Crippen LogP contribution in [0, 0.1) is 0 Å². The molecule has 0 bridgehead atoms. The van der Waals surface area contributed by atoms with Gasteiger partial charge in [-0.25, -0.2) is 19.2 Å². The maximum absolute atomic E-state index is 12.8. The molecule has 10 nitrogen and oxygen atoms in total. The van der Waals surface area contributed by atoms with Crippen molar-refractivity contribution in [3.63, 3.8) is 0 Å². The van der Waals surface area contributed by atoms with Crippen LogP contribution in [0.25, 0.3) is 11.4 Å². The molecular formula is C25H32FIN6O4. The Morgan fingerprint density at radius 3 is 2.65 bits per heavy atom. The number of nitrogens with one attached hydrogen (secondary N) is 1. The van der Waals surface area contributed by atoms with Crippen molar-refractivity contribution in [3.05, 3.63) is 35.5 Å². The summed E-state index contributed by atoms with van der Waals surface area (Å²) in [4.78, 5) is 38.6. The number of alkyl halides is 1. The number of ether oxygens (including phenoxy) is 1. The fraction of sp³-hybridized carbons (Fsp3) is 0.520. The van der Waals surface area contributed by atoms with Crippen LogP contribution in [0.2, 0.25) is 0 Å². The topological polar surface area (TPSA) is 111 Å². The molecule has 1 fully saturated rings. The molecule has 37 heavy (non-hydrogen) atoms. The molecule has 3 heterocycles. The highest BCUT2D eigenvalue weighted by Gasteiger charge is 2.34. The number of carbonyl (C=O) groups excluding carboxylic acids is 2. The van der Waals surface area contributed by atoms with Crippen molar-refractivity contribution in [2.45, 2.75) is 45.4 Å². The van der Waals surface area contributed by atoms with Crippen LogP contribution in [0.4, 0.5) is 20.7 Å². The lowest BCUT2D eigenvalue weighted by Gasteiger charge is -2.38. The minimum absolute atomic E-state index is 0.00314. The zero-order chi connectivity index (χ0) is 26.7. The molecule has 1 atom stereocenters. The third kappa shape index (κ3) is 6.29. The van der Waals surface area contributed by atoms with Gasteiger partial charge in [-0.3, -0.25) is 7.91 Å². The minimum Gasteiger partial charge on any atom is -0.381 e. The van der Waals surface area contributed by atoms with E-state index in [0.717, 1.165) is 22.6 Å². The summed E-state index contributed by atoms with van der Waals surface area (Å²) in [6.07, 6.45) is 0.591. The van der Waals surface area contributed by atoms with E-state index in [2.05, 4.69) is 17.1 Å². The quantitative estimate of drug-likeness (QED) is 0.375. The molecule has 2 aromatic rings. The number of carbonyl (C=O) groups is 2. The van der Waals surface area contributed by atoms with Crippen LogP contribution in [0.5, 0.6) is 0 Å². The van der Waals surface area contributed by atoms with E-state index in [9.17, 15) is 19.1 Å². The molecule has 2 aliphatic heterocycles. The summed E-state index contributed by atoms with van der Waals surface area (Å²) in [7, 11) is 0. The number of aromatic nitrogens is 2. The Morgan fingerprint density at radius 1 is 1.27 bits per heavy atom. The third-order valence-electron chi connectivity index (χ3n) is 6.39. The number of hydrogen-bond donors (Lipinski definition) is 2. The van der Waals surface area contributed by atoms with Crippen molar-refractivity contribution in [2.75, 3.05) is 49.7 Å². The van der Waals surface area contributed by atoms with Crippen LogP contribution in [-0.4, -0.2) is 86.2 Å². The average molecular weight is 626 g/mol. The van der Waals surface area contributed by atoms with Gasteiger partial charge >= 0.3 is 6.03 Å². The highest BCUT2D eigenvalue weighted by molar-refractivity contribution is 14.1. The molecule has 3 amide bonds. The Hall–Kier alpha value is -2.58. The minimum atomic E-state index is -1.47. The average Bonchev–Trinajstić information content (AvgIpc) is 2.87. The number of morpholine rings is 1. The van der Waals surface area contributed by atoms with Gasteiger partial charge < -0.3 is 25.0 Å². The molecule has 0 radical (unpaired) electrons. The van der Waals surface area contributed by atoms with Crippen molar-refractivity contribution in [1.82, 2.24) is 18.0 Å². The number of anilines is 2. The summed E-state index contributed by atoms with van der Waals surface area (Å²) >= 11 is 1.77. The van der Waals surface area contributed by atoms with E-state index in [4.69, 9.17) is 14.7 Å². The van der Waals surface area contributed by atoms with E-state index < -0.39 is 18.3 Å². The Kier molecular flexibility index (Phi) is 8.49. The molecule has 1 aromatic heterocycles. The van der Waals surface area contributed by atoms with E-state index in [1.165, 1.54) is 17.0 Å². The molecule has 1 unspecified atom stereocenters. The van der Waals surface area contributed by atoms with E-state index >= 15 is 0 Å². The zero-order valence-electron chi connectivity index (χ0n) is 21.2. The molecule has 2 N–H and O–H groups in total. The zero-order valence-corrected chi connectivity index (χ0v) is 23.4. The molecule has 1 saturated heterocycles. The number of nitrogens with zero attached hydrogens (tertiary/aromatic N) is 5. The van der Waals surface area contributed by atoms with Gasteiger partial charge in [0, 0.05) is 29.9 Å². The van der Waals surface area contributed by atoms with E-state index in [0.29, 0.717) is 44.2 Å². The molecule has 4 rings (SSSR count). The standard InChI is InChI=1S/C25H32FIN6O4/c1-16-15-37-13-12-32(16)22-19-8-10-31(23(34)25(2,3)36)14-20(19)29-21(30-22)17-4-6-18(7-5-17)28-24(35)33(27)11-9-26/h4-7,16,36H,8-15H2,1-3H3,(H,28,35). The summed E-state index contributed by atoms with van der Waals surface area (Å²) in [5.74, 6) is 1.02. The van der Waals surface area contributed by atoms with Gasteiger partial charge in [-0.1, -0.05) is 0 Å². The first-order valence-electron chi connectivity index (χ1n) is 12.2. The Balaban J connectivity index is 1.66. The summed E-state index contributed by atoms with van der Waals surface area (Å²) in [5, 5.41) is 13.0. The SMILES string of the molecule is CC1COCCN1c1nc(-c2ccc(NC(=O)N(I)CCF)cc2)nc2c1CCN(C(=O)C(C)(C)O)C2. The number of halogens is 2. The second kappa shape index (κ2) is 11.4. The molecular weight excluding hydrogens is 594 g/mol. The fourth-order valence-corrected chi connectivity index (χ4v) is 4.74. The molecule has 0 aliphatic carbocycles. The van der Waals surface area contributed by atoms with Gasteiger partial charge in [0.05, 0.1) is 60.9 Å². The summed E-state index contributed by atoms with van der Waals surface area (Å²) < 4.78 is 19.4. The molecule has 0 saturated carbocycles. The van der Waals surface area contributed by atoms with Gasteiger partial charge in [-0.15, -0.1) is 0 Å². The second-order valence-corrected chi connectivity index (χ2v) is 10.9. The third-order valence-corrected chi connectivity index (χ3v) is 7.31. The van der Waals surface area contributed by atoms with Gasteiger partial charge in [-0.2, -0.15) is 0 Å². The first-order valence-corrected chi connectivity index (χ1v) is 13.2. The lowest BCUT2D eigenvalue weighted by Crippen LogP contribution is -2.48. The second-order valence-electron chi connectivity index (χ2n) is 9.73. The van der Waals surface area contributed by atoms with Crippen molar-refractivity contribution < 1.29 is 23.8 Å². The van der Waals surface area contributed by atoms with Crippen LogP contribution in [0.15, 0.2) is 24.3 Å². The Morgan fingerprint density at radius 2 is 2.00 bits per heavy atom. The lowest BCUT2D eigenvalue weighted by atomic mass is 10.0. The lowest BCUT2D eigenvalue weighted by molar-refractivity contribution is -0.148. The molecule has 2 aliphatic rings. The smallest absolute Gasteiger partial charge is 0.330 e. The van der Waals surface area contributed by atoms with Gasteiger partial charge in [-0.05, 0) is 51.5 Å². The number of benzene rings is 1. The van der Waals surface area contributed by atoms with Gasteiger partial charge in [0.25, 0.3) is 5.91 Å². The summed E-state index contributed by atoms with van der Waals surface area (Å²) in [5.41, 5.74) is 1.62. The van der Waals surface area contributed by atoms with Crippen LogP contribution < -0.4 is 10.2 Å². The molecule has 1 aromatic carbocycles. The fourth-order valence-electron chi connectivity index (χ4n) is 4.44. The van der Waals surface area contributed by atoms with Crippen LogP contribution in [-0.2, 0) is 22.5 Å². The molecule has 12 heteroatoms.